The van der Waals surface area contributed by atoms with Crippen molar-refractivity contribution in [3.05, 3.63) is 325 Å². The normalized spacial score (nSPS) is 9.83. The van der Waals surface area contributed by atoms with Gasteiger partial charge in [0.2, 0.25) is 0 Å². The Hall–Kier alpha value is -7.88. The second kappa shape index (κ2) is 37.7. The molecular formula is C69H46F7Ir4N6O2-5. The maximum Gasteiger partial charge on any atom is 0.0675 e. The van der Waals surface area contributed by atoms with Gasteiger partial charge in [0.05, 0.1) is 13.2 Å². The number of nitrogens with zero attached hydrogens (tertiary/aromatic N) is 6. The molecule has 0 aliphatic heterocycles. The van der Waals surface area contributed by atoms with Gasteiger partial charge < -0.3 is 40.0 Å². The van der Waals surface area contributed by atoms with E-state index >= 15 is 0 Å². The number of anilines is 3. The van der Waals surface area contributed by atoms with E-state index in [1.54, 1.807) is 79.4 Å². The van der Waals surface area contributed by atoms with Gasteiger partial charge in [-0.3, -0.25) is 30.7 Å². The Morgan fingerprint density at radius 3 is 1.08 bits per heavy atom. The van der Waals surface area contributed by atoms with Crippen LogP contribution in [0.25, 0.3) is 56.3 Å². The zero-order valence-corrected chi connectivity index (χ0v) is 55.1. The largest absolute Gasteiger partial charge is 0.392 e. The third-order valence-corrected chi connectivity index (χ3v) is 11.8. The molecule has 5 heterocycles. The second-order valence-electron chi connectivity index (χ2n) is 17.6. The first kappa shape index (κ1) is 72.6. The van der Waals surface area contributed by atoms with Gasteiger partial charge in [0.25, 0.3) is 0 Å². The molecule has 19 heteroatoms. The summed E-state index contributed by atoms with van der Waals surface area (Å²) in [5, 5.41) is 17.9. The van der Waals surface area contributed by atoms with Crippen LogP contribution < -0.4 is 4.90 Å². The summed E-state index contributed by atoms with van der Waals surface area (Å²) in [6, 6.07) is 71.9. The maximum atomic E-state index is 13.4. The molecule has 0 saturated carbocycles. The van der Waals surface area contributed by atoms with Crippen molar-refractivity contribution >= 4 is 17.1 Å². The van der Waals surface area contributed by atoms with E-state index < -0.39 is 23.3 Å². The van der Waals surface area contributed by atoms with Crippen molar-refractivity contribution in [3.8, 4) is 56.3 Å². The first-order valence-corrected chi connectivity index (χ1v) is 25.5. The number of hydrogen-bond acceptors (Lipinski definition) is 8. The van der Waals surface area contributed by atoms with Gasteiger partial charge in [-0.1, -0.05) is 102 Å². The van der Waals surface area contributed by atoms with Crippen LogP contribution in [-0.4, -0.2) is 35.1 Å². The molecule has 0 bridgehead atoms. The van der Waals surface area contributed by atoms with E-state index in [1.165, 1.54) is 48.7 Å². The summed E-state index contributed by atoms with van der Waals surface area (Å²) in [6.07, 6.45) is 8.08. The van der Waals surface area contributed by atoms with Crippen molar-refractivity contribution < 1.29 is 121 Å². The fourth-order valence-electron chi connectivity index (χ4n) is 7.75. The summed E-state index contributed by atoms with van der Waals surface area (Å²) in [6.45, 7) is -0.185. The number of benzene rings is 7. The second-order valence-corrected chi connectivity index (χ2v) is 17.6. The van der Waals surface area contributed by atoms with E-state index in [9.17, 15) is 30.7 Å². The Morgan fingerprint density at radius 1 is 0.307 bits per heavy atom. The van der Waals surface area contributed by atoms with E-state index in [2.05, 4.69) is 84.4 Å². The average Bonchev–Trinajstić information content (AvgIpc) is 2.77. The molecule has 7 aromatic carbocycles. The van der Waals surface area contributed by atoms with Crippen molar-refractivity contribution in [1.82, 2.24) is 24.9 Å². The minimum absolute atomic E-state index is 0. The first-order chi connectivity index (χ1) is 40.9. The molecule has 0 atom stereocenters. The van der Waals surface area contributed by atoms with Gasteiger partial charge in [0, 0.05) is 169 Å². The molecule has 12 rings (SSSR count). The van der Waals surface area contributed by atoms with Gasteiger partial charge in [-0.2, -0.15) is 0 Å². The molecule has 0 aliphatic rings. The maximum absolute atomic E-state index is 13.4. The summed E-state index contributed by atoms with van der Waals surface area (Å²) in [4.78, 5) is 22.7. The molecular weight excluding hydrogens is 1850 g/mol. The molecule has 12 aromatic rings. The Kier molecular flexibility index (Phi) is 31.1. The predicted octanol–water partition coefficient (Wildman–Crippen LogP) is 16.2. The number of aliphatic hydroxyl groups is 2. The van der Waals surface area contributed by atoms with Gasteiger partial charge in [-0.05, 0) is 94.2 Å². The minimum atomic E-state index is -0.720. The summed E-state index contributed by atoms with van der Waals surface area (Å²) in [5.74, 6) is -3.59. The van der Waals surface area contributed by atoms with Crippen LogP contribution in [0.5, 0.6) is 0 Å². The summed E-state index contributed by atoms with van der Waals surface area (Å²) < 4.78 is 90.3. The van der Waals surface area contributed by atoms with E-state index in [0.29, 0.717) is 28.2 Å². The molecule has 4 radical (unpaired) electrons. The van der Waals surface area contributed by atoms with E-state index in [0.717, 1.165) is 69.4 Å². The summed E-state index contributed by atoms with van der Waals surface area (Å²) in [5.41, 5.74) is 10.0. The van der Waals surface area contributed by atoms with E-state index in [1.807, 2.05) is 66.7 Å². The molecule has 88 heavy (non-hydrogen) atoms. The van der Waals surface area contributed by atoms with Crippen LogP contribution in [0.3, 0.4) is 0 Å². The topological polar surface area (TPSA) is 108 Å². The Balaban J connectivity index is 0.000000239. The number of para-hydroxylation sites is 2. The molecule has 0 spiro atoms. The predicted molar refractivity (Wildman–Crippen MR) is 309 cm³/mol. The standard InChI is InChI=1S/C23H16FN2.C12H8F2NO.C12H9FNO.C11H6F2N.C11H7FN.4Ir/c24-19-13-11-18(12-14-19)23-17-22(15-16-25-23)26(20-7-3-1-4-8-20)21-9-5-2-6-10-21;13-9-1-2-10(11(14)6-9)12-5-8(7-16)3-4-15-12;13-11-3-1-10(2-4-11)12-7-9(8-15)5-6-14-12;12-8-4-5-9(10(13)7-8)11-3-1-2-6-14-11;12-10-6-4-9(5-7-10)11-3-1-2-8-13-11;;;;/h1-11,13-17H;1,3-6,16H,7H2;1,3-7,15H,8H2;1-4,6-7H;1-4,6-8H;;;;/q5*-1;;;;. The van der Waals surface area contributed by atoms with Crippen molar-refractivity contribution in [2.24, 2.45) is 0 Å². The molecule has 2 N–H and O–H groups in total. The van der Waals surface area contributed by atoms with Crippen LogP contribution in [0.2, 0.25) is 0 Å². The van der Waals surface area contributed by atoms with Crippen LogP contribution in [0.15, 0.2) is 243 Å². The summed E-state index contributed by atoms with van der Waals surface area (Å²) >= 11 is 0. The first-order valence-electron chi connectivity index (χ1n) is 25.5. The molecule has 0 fully saturated rings. The number of halogens is 7. The SMILES string of the molecule is Fc1c[c-]c(-c2cc(N(c3ccccc3)c3ccccc3)ccn2)cc1.Fc1c[c-]c(-c2ccccn2)c(F)c1.Fc1c[c-]c(-c2ccccn2)cc1.OCc1ccnc(-c2[c-]cc(F)cc2)c1.OCc1ccnc(-c2[c-]cc(F)cc2F)c1.[Ir].[Ir].[Ir].[Ir]. The molecule has 0 unspecified atom stereocenters. The van der Waals surface area contributed by atoms with Gasteiger partial charge in [-0.15, -0.1) is 114 Å². The number of aliphatic hydroxyl groups excluding tert-OH is 2. The molecule has 0 amide bonds. The average molecular weight is 1890 g/mol. The number of hydrogen-bond donors (Lipinski definition) is 2. The smallest absolute Gasteiger partial charge is 0.0675 e. The molecule has 0 aliphatic carbocycles. The third kappa shape index (κ3) is 21.8. The number of pyridine rings is 5. The third-order valence-electron chi connectivity index (χ3n) is 11.8. The van der Waals surface area contributed by atoms with Gasteiger partial charge in [0.1, 0.15) is 0 Å². The number of rotatable bonds is 10. The quantitative estimate of drug-likeness (QED) is 0.103. The van der Waals surface area contributed by atoms with Gasteiger partial charge in [-0.25, -0.2) is 0 Å². The van der Waals surface area contributed by atoms with Crippen molar-refractivity contribution in [2.45, 2.75) is 13.2 Å². The van der Waals surface area contributed by atoms with Crippen LogP contribution in [0.4, 0.5) is 47.8 Å². The van der Waals surface area contributed by atoms with Crippen LogP contribution in [0, 0.1) is 71.1 Å². The van der Waals surface area contributed by atoms with Crippen molar-refractivity contribution in [1.29, 1.82) is 0 Å². The molecule has 0 saturated heterocycles. The molecule has 454 valence electrons. The minimum Gasteiger partial charge on any atom is -0.392 e. The monoisotopic (exact) mass is 1900 g/mol. The van der Waals surface area contributed by atoms with Gasteiger partial charge in [0.15, 0.2) is 0 Å². The summed E-state index contributed by atoms with van der Waals surface area (Å²) in [7, 11) is 0. The Bertz CT molecular complexity index is 3940. The van der Waals surface area contributed by atoms with E-state index in [4.69, 9.17) is 10.2 Å². The van der Waals surface area contributed by atoms with Crippen LogP contribution in [0.1, 0.15) is 11.1 Å². The molecule has 5 aromatic heterocycles. The van der Waals surface area contributed by atoms with E-state index in [-0.39, 0.29) is 122 Å². The van der Waals surface area contributed by atoms with Crippen LogP contribution >= 0.6 is 0 Å². The molecule has 8 nitrogen and oxygen atoms in total. The fraction of sp³-hybridized carbons (Fsp3) is 0.0290. The van der Waals surface area contributed by atoms with Crippen LogP contribution in [-0.2, 0) is 93.6 Å². The number of aromatic nitrogens is 5. The van der Waals surface area contributed by atoms with Crippen molar-refractivity contribution in [2.75, 3.05) is 4.90 Å². The zero-order chi connectivity index (χ0) is 59.0. The van der Waals surface area contributed by atoms with Gasteiger partial charge >= 0.3 is 0 Å². The Morgan fingerprint density at radius 2 is 0.670 bits per heavy atom. The fourth-order valence-corrected chi connectivity index (χ4v) is 7.75. The van der Waals surface area contributed by atoms with Crippen molar-refractivity contribution in [3.63, 3.8) is 0 Å². The Labute approximate surface area is 558 Å². The zero-order valence-electron chi connectivity index (χ0n) is 45.6.